The molecule has 1 spiro atoms. The molecule has 5 aromatic rings. The summed E-state index contributed by atoms with van der Waals surface area (Å²) in [5, 5.41) is 2.87. The fourth-order valence-corrected chi connectivity index (χ4v) is 9.50. The van der Waals surface area contributed by atoms with Crippen molar-refractivity contribution in [2.24, 2.45) is 23.7 Å². The number of hydrogen-bond acceptors (Lipinski definition) is 1. The molecule has 2 heteroatoms. The fourth-order valence-electron chi connectivity index (χ4n) is 9.28. The van der Waals surface area contributed by atoms with Gasteiger partial charge < -0.3 is 4.42 Å². The topological polar surface area (TPSA) is 13.1 Å². The lowest BCUT2D eigenvalue weighted by atomic mass is 9.43. The molecule has 1 aromatic heterocycles. The summed E-state index contributed by atoms with van der Waals surface area (Å²) in [5.41, 5.74) is 10.5. The third kappa shape index (κ3) is 2.39. The molecule has 4 bridgehead atoms. The first-order valence-electron chi connectivity index (χ1n) is 13.6. The minimum Gasteiger partial charge on any atom is -0.454 e. The highest BCUT2D eigenvalue weighted by Crippen LogP contribution is 2.69. The summed E-state index contributed by atoms with van der Waals surface area (Å²) in [6, 6.07) is 29.3. The molecule has 10 rings (SSSR count). The highest BCUT2D eigenvalue weighted by atomic mass is 35.5. The van der Waals surface area contributed by atoms with Crippen LogP contribution in [0.1, 0.15) is 43.2 Å². The summed E-state index contributed by atoms with van der Waals surface area (Å²) in [4.78, 5) is 0. The quantitative estimate of drug-likeness (QED) is 0.230. The van der Waals surface area contributed by atoms with E-state index in [1.165, 1.54) is 54.4 Å². The lowest BCUT2D eigenvalue weighted by Crippen LogP contribution is -2.55. The van der Waals surface area contributed by atoms with Gasteiger partial charge in [0.2, 0.25) is 0 Å². The van der Waals surface area contributed by atoms with E-state index in [0.717, 1.165) is 45.6 Å². The van der Waals surface area contributed by atoms with Crippen molar-refractivity contribution in [3.8, 4) is 22.3 Å². The second-order valence-electron chi connectivity index (χ2n) is 11.9. The molecule has 36 heavy (non-hydrogen) atoms. The Labute approximate surface area is 216 Å². The summed E-state index contributed by atoms with van der Waals surface area (Å²) in [7, 11) is 0. The molecule has 0 atom stereocenters. The Morgan fingerprint density at radius 2 is 1.36 bits per heavy atom. The van der Waals surface area contributed by atoms with Gasteiger partial charge in [0.25, 0.3) is 0 Å². The Hall–Kier alpha value is -3.03. The molecule has 1 heterocycles. The number of hydrogen-bond donors (Lipinski definition) is 0. The van der Waals surface area contributed by atoms with Gasteiger partial charge in [0.05, 0.1) is 5.02 Å². The lowest BCUT2D eigenvalue weighted by molar-refractivity contribution is -0.0399. The number of halogens is 1. The SMILES string of the molecule is Clc1cccc2c1oc1cc(-c3ccc4c(c3)-c3ccccc3C43C4CC5CC(C4)CC3C5)ccc12. The number of fused-ring (bicyclic) bond motifs is 6. The Kier molecular flexibility index (Phi) is 3.81. The van der Waals surface area contributed by atoms with Crippen LogP contribution in [0.5, 0.6) is 0 Å². The maximum absolute atomic E-state index is 6.43. The van der Waals surface area contributed by atoms with Crippen molar-refractivity contribution in [1.29, 1.82) is 0 Å². The Balaban J connectivity index is 1.23. The number of para-hydroxylation sites is 1. The van der Waals surface area contributed by atoms with Gasteiger partial charge in [-0.15, -0.1) is 0 Å². The van der Waals surface area contributed by atoms with Crippen LogP contribution >= 0.6 is 11.6 Å². The first-order valence-corrected chi connectivity index (χ1v) is 13.9. The Morgan fingerprint density at radius 3 is 2.19 bits per heavy atom. The van der Waals surface area contributed by atoms with Crippen LogP contribution in [-0.2, 0) is 5.41 Å². The van der Waals surface area contributed by atoms with Crippen LogP contribution in [0.15, 0.2) is 83.3 Å². The standard InChI is InChI=1S/C34H27ClO/c35-31-7-3-5-27-26-10-8-22(18-32(26)36-33(27)31)21-9-11-30-28(17-21)25-4-1-2-6-29(25)34(30)23-13-19-12-20(15-23)16-24(34)14-19/h1-11,17-20,23-24H,12-16H2. The summed E-state index contributed by atoms with van der Waals surface area (Å²) in [6.07, 6.45) is 7.19. The maximum Gasteiger partial charge on any atom is 0.153 e. The zero-order valence-corrected chi connectivity index (χ0v) is 20.9. The van der Waals surface area contributed by atoms with Crippen LogP contribution in [0.2, 0.25) is 5.02 Å². The highest BCUT2D eigenvalue weighted by molar-refractivity contribution is 6.35. The zero-order valence-electron chi connectivity index (χ0n) is 20.1. The Bertz CT molecular complexity index is 1690. The third-order valence-electron chi connectivity index (χ3n) is 10.3. The number of furan rings is 1. The average molecular weight is 487 g/mol. The van der Waals surface area contributed by atoms with Crippen molar-refractivity contribution >= 4 is 33.5 Å². The van der Waals surface area contributed by atoms with Gasteiger partial charge in [0.1, 0.15) is 5.58 Å². The summed E-state index contributed by atoms with van der Waals surface area (Å²) in [5.74, 6) is 3.55. The van der Waals surface area contributed by atoms with Crippen LogP contribution in [0, 0.1) is 23.7 Å². The maximum atomic E-state index is 6.43. The van der Waals surface area contributed by atoms with Gasteiger partial charge in [-0.3, -0.25) is 0 Å². The van der Waals surface area contributed by atoms with Crippen molar-refractivity contribution in [3.05, 3.63) is 95.0 Å². The van der Waals surface area contributed by atoms with Gasteiger partial charge in [-0.25, -0.2) is 0 Å². The first kappa shape index (κ1) is 20.1. The van der Waals surface area contributed by atoms with Crippen molar-refractivity contribution in [2.45, 2.75) is 37.5 Å². The van der Waals surface area contributed by atoms with Gasteiger partial charge >= 0.3 is 0 Å². The summed E-state index contributed by atoms with van der Waals surface area (Å²) >= 11 is 6.43. The molecule has 0 amide bonds. The van der Waals surface area contributed by atoms with Gasteiger partial charge in [0.15, 0.2) is 5.58 Å². The minimum absolute atomic E-state index is 0.233. The van der Waals surface area contributed by atoms with Gasteiger partial charge in [-0.05, 0) is 113 Å². The van der Waals surface area contributed by atoms with E-state index in [9.17, 15) is 0 Å². The number of benzene rings is 4. The monoisotopic (exact) mass is 486 g/mol. The van der Waals surface area contributed by atoms with E-state index >= 15 is 0 Å². The smallest absolute Gasteiger partial charge is 0.153 e. The fraction of sp³-hybridized carbons (Fsp3) is 0.294. The molecule has 5 aliphatic carbocycles. The molecule has 1 nitrogen and oxygen atoms in total. The minimum atomic E-state index is 0.233. The van der Waals surface area contributed by atoms with E-state index in [1.807, 2.05) is 12.1 Å². The molecule has 0 aliphatic heterocycles. The van der Waals surface area contributed by atoms with Crippen molar-refractivity contribution in [3.63, 3.8) is 0 Å². The van der Waals surface area contributed by atoms with Crippen LogP contribution in [0.25, 0.3) is 44.2 Å². The van der Waals surface area contributed by atoms with Gasteiger partial charge in [-0.2, -0.15) is 0 Å². The largest absolute Gasteiger partial charge is 0.454 e. The van der Waals surface area contributed by atoms with E-state index in [1.54, 1.807) is 11.1 Å². The van der Waals surface area contributed by atoms with Crippen LogP contribution in [0.3, 0.4) is 0 Å². The molecule has 0 radical (unpaired) electrons. The molecular formula is C34H27ClO. The van der Waals surface area contributed by atoms with Gasteiger partial charge in [0, 0.05) is 16.2 Å². The second kappa shape index (κ2) is 6.84. The molecule has 176 valence electrons. The number of rotatable bonds is 1. The molecule has 0 saturated heterocycles. The van der Waals surface area contributed by atoms with Gasteiger partial charge in [-0.1, -0.05) is 66.2 Å². The van der Waals surface area contributed by atoms with E-state index < -0.39 is 0 Å². The Morgan fingerprint density at radius 1 is 0.639 bits per heavy atom. The molecule has 0 N–H and O–H groups in total. The summed E-state index contributed by atoms with van der Waals surface area (Å²) < 4.78 is 6.22. The lowest BCUT2D eigenvalue weighted by Gasteiger charge is -2.61. The predicted octanol–water partition coefficient (Wildman–Crippen LogP) is 9.63. The third-order valence-corrected chi connectivity index (χ3v) is 10.6. The molecular weight excluding hydrogens is 460 g/mol. The molecule has 0 unspecified atom stereocenters. The van der Waals surface area contributed by atoms with E-state index in [0.29, 0.717) is 5.02 Å². The second-order valence-corrected chi connectivity index (χ2v) is 12.3. The van der Waals surface area contributed by atoms with Crippen LogP contribution in [0.4, 0.5) is 0 Å². The first-order chi connectivity index (χ1) is 17.7. The molecule has 5 aliphatic rings. The normalized spacial score (nSPS) is 29.4. The summed E-state index contributed by atoms with van der Waals surface area (Å²) in [6.45, 7) is 0. The van der Waals surface area contributed by atoms with Crippen molar-refractivity contribution in [2.75, 3.05) is 0 Å². The molecule has 4 fully saturated rings. The zero-order chi connectivity index (χ0) is 23.6. The van der Waals surface area contributed by atoms with E-state index in [2.05, 4.69) is 66.7 Å². The average Bonchev–Trinajstić information content (AvgIpc) is 3.41. The van der Waals surface area contributed by atoms with Crippen LogP contribution in [-0.4, -0.2) is 0 Å². The highest BCUT2D eigenvalue weighted by Gasteiger charge is 2.61. The molecule has 4 saturated carbocycles. The van der Waals surface area contributed by atoms with E-state index in [4.69, 9.17) is 16.0 Å². The van der Waals surface area contributed by atoms with Crippen molar-refractivity contribution < 1.29 is 4.42 Å². The predicted molar refractivity (Wildman–Crippen MR) is 147 cm³/mol. The molecule has 4 aromatic carbocycles. The van der Waals surface area contributed by atoms with Crippen molar-refractivity contribution in [1.82, 2.24) is 0 Å². The van der Waals surface area contributed by atoms with E-state index in [-0.39, 0.29) is 5.41 Å². The van der Waals surface area contributed by atoms with Crippen LogP contribution < -0.4 is 0 Å².